The number of halogens is 1. The molecule has 3 aromatic heterocycles. The molecule has 1 aromatic carbocycles. The fourth-order valence-corrected chi connectivity index (χ4v) is 4.13. The number of benzene rings is 1. The quantitative estimate of drug-likeness (QED) is 0.458. The number of ether oxygens (including phenoxy) is 1. The van der Waals surface area contributed by atoms with E-state index in [0.717, 1.165) is 5.56 Å². The highest BCUT2D eigenvalue weighted by Crippen LogP contribution is 2.31. The van der Waals surface area contributed by atoms with Crippen molar-refractivity contribution in [2.24, 2.45) is 0 Å². The van der Waals surface area contributed by atoms with Gasteiger partial charge in [0.2, 0.25) is 5.76 Å². The minimum atomic E-state index is -0.579. The summed E-state index contributed by atoms with van der Waals surface area (Å²) < 4.78 is 25.0. The second-order valence-electron chi connectivity index (χ2n) is 6.37. The summed E-state index contributed by atoms with van der Waals surface area (Å²) in [7, 11) is 1.27. The molecule has 0 saturated heterocycles. The number of methoxy groups -OCH3 is 1. The number of aryl methyl sites for hydroxylation is 1. The summed E-state index contributed by atoms with van der Waals surface area (Å²) in [5, 5.41) is 2.34. The normalized spacial score (nSPS) is 11.1. The zero-order valence-corrected chi connectivity index (χ0v) is 16.6. The predicted molar refractivity (Wildman–Crippen MR) is 108 cm³/mol. The van der Waals surface area contributed by atoms with Crippen LogP contribution in [0.2, 0.25) is 0 Å². The predicted octanol–water partition coefficient (Wildman–Crippen LogP) is 4.25. The summed E-state index contributed by atoms with van der Waals surface area (Å²) in [4.78, 5) is 30.2. The summed E-state index contributed by atoms with van der Waals surface area (Å²) >= 11 is 1.38. The Morgan fingerprint density at radius 1 is 1.24 bits per heavy atom. The number of esters is 1. The fraction of sp³-hybridized carbons (Fsp3) is 0.190. The molecule has 3 heterocycles. The van der Waals surface area contributed by atoms with Crippen molar-refractivity contribution in [1.82, 2.24) is 9.55 Å². The number of fused-ring (bicyclic) bond motifs is 1. The maximum Gasteiger partial charge on any atom is 0.373 e. The van der Waals surface area contributed by atoms with Gasteiger partial charge in [-0.25, -0.2) is 14.2 Å². The molecule has 8 heteroatoms. The van der Waals surface area contributed by atoms with Crippen molar-refractivity contribution < 1.29 is 18.3 Å². The lowest BCUT2D eigenvalue weighted by atomic mass is 10.1. The molecule has 6 nitrogen and oxygen atoms in total. The lowest BCUT2D eigenvalue weighted by Gasteiger charge is -2.10. The average molecular weight is 412 g/mol. The number of thiophene rings is 1. The molecule has 29 heavy (non-hydrogen) atoms. The molecule has 0 bridgehead atoms. The molecule has 0 atom stereocenters. The van der Waals surface area contributed by atoms with Gasteiger partial charge in [0.25, 0.3) is 5.56 Å². The molecule has 4 aromatic rings. The van der Waals surface area contributed by atoms with Crippen LogP contribution >= 0.6 is 11.3 Å². The first-order valence-electron chi connectivity index (χ1n) is 8.95. The number of hydrogen-bond acceptors (Lipinski definition) is 6. The summed E-state index contributed by atoms with van der Waals surface area (Å²) in [5.74, 6) is 0.221. The van der Waals surface area contributed by atoms with Gasteiger partial charge in [-0.05, 0) is 29.8 Å². The number of carbonyl (C=O) groups excluding carboxylic acids is 1. The van der Waals surface area contributed by atoms with Crippen molar-refractivity contribution in [2.45, 2.75) is 19.9 Å². The van der Waals surface area contributed by atoms with E-state index in [9.17, 15) is 14.0 Å². The third kappa shape index (κ3) is 3.47. The number of aromatic nitrogens is 2. The highest BCUT2D eigenvalue weighted by Gasteiger charge is 2.18. The smallest absolute Gasteiger partial charge is 0.373 e. The van der Waals surface area contributed by atoms with Gasteiger partial charge in [0.15, 0.2) is 0 Å². The SMILES string of the molecule is CCc1nc2scc(-c3ccc(F)cc3)c2c(=O)n1Cc1ccc(C(=O)OC)o1. The van der Waals surface area contributed by atoms with E-state index in [1.165, 1.54) is 36.6 Å². The third-order valence-corrected chi connectivity index (χ3v) is 5.48. The molecular formula is C21H17FN2O4S. The minimum Gasteiger partial charge on any atom is -0.463 e. The van der Waals surface area contributed by atoms with Crippen LogP contribution in [-0.2, 0) is 17.7 Å². The van der Waals surface area contributed by atoms with Crippen molar-refractivity contribution in [1.29, 1.82) is 0 Å². The number of furan rings is 1. The lowest BCUT2D eigenvalue weighted by Crippen LogP contribution is -2.25. The van der Waals surface area contributed by atoms with Crippen molar-refractivity contribution in [3.63, 3.8) is 0 Å². The highest BCUT2D eigenvalue weighted by molar-refractivity contribution is 7.17. The summed E-state index contributed by atoms with van der Waals surface area (Å²) in [6, 6.07) is 9.16. The van der Waals surface area contributed by atoms with Crippen molar-refractivity contribution >= 4 is 27.5 Å². The van der Waals surface area contributed by atoms with Gasteiger partial charge in [0.05, 0.1) is 19.0 Å². The Morgan fingerprint density at radius 2 is 2.00 bits per heavy atom. The van der Waals surface area contributed by atoms with Gasteiger partial charge in [-0.3, -0.25) is 9.36 Å². The minimum absolute atomic E-state index is 0.0742. The molecule has 0 N–H and O–H groups in total. The molecule has 4 rings (SSSR count). The van der Waals surface area contributed by atoms with Crippen LogP contribution in [0.15, 0.2) is 51.0 Å². The van der Waals surface area contributed by atoms with E-state index < -0.39 is 5.97 Å². The fourth-order valence-electron chi connectivity index (χ4n) is 3.17. The van der Waals surface area contributed by atoms with Gasteiger partial charge < -0.3 is 9.15 Å². The second-order valence-corrected chi connectivity index (χ2v) is 7.22. The summed E-state index contributed by atoms with van der Waals surface area (Å²) in [6.07, 6.45) is 0.555. The number of rotatable bonds is 5. The maximum atomic E-state index is 13.4. The maximum absolute atomic E-state index is 13.4. The Labute approximate surface area is 169 Å². The lowest BCUT2D eigenvalue weighted by molar-refractivity contribution is 0.0563. The molecule has 0 aliphatic heterocycles. The van der Waals surface area contributed by atoms with Crippen molar-refractivity contribution in [3.05, 3.63) is 75.3 Å². The Hall–Kier alpha value is -3.26. The Kier molecular flexibility index (Phi) is 5.02. The first kappa shape index (κ1) is 19.1. The monoisotopic (exact) mass is 412 g/mol. The molecule has 0 unspecified atom stereocenters. The van der Waals surface area contributed by atoms with Crippen LogP contribution in [-0.4, -0.2) is 22.6 Å². The van der Waals surface area contributed by atoms with E-state index in [2.05, 4.69) is 9.72 Å². The van der Waals surface area contributed by atoms with Crippen LogP contribution in [0.4, 0.5) is 4.39 Å². The van der Waals surface area contributed by atoms with Gasteiger partial charge in [-0.1, -0.05) is 19.1 Å². The Morgan fingerprint density at radius 3 is 2.69 bits per heavy atom. The van der Waals surface area contributed by atoms with Crippen LogP contribution in [0.5, 0.6) is 0 Å². The van der Waals surface area contributed by atoms with E-state index >= 15 is 0 Å². The largest absolute Gasteiger partial charge is 0.463 e. The van der Waals surface area contributed by atoms with Crippen LogP contribution in [0.25, 0.3) is 21.3 Å². The molecule has 0 fully saturated rings. The number of nitrogens with zero attached hydrogens (tertiary/aromatic N) is 2. The van der Waals surface area contributed by atoms with Crippen molar-refractivity contribution in [2.75, 3.05) is 7.11 Å². The molecule has 0 aliphatic carbocycles. The number of carbonyl (C=O) groups is 1. The van der Waals surface area contributed by atoms with E-state index in [1.54, 1.807) is 22.8 Å². The Bertz CT molecular complexity index is 1250. The van der Waals surface area contributed by atoms with E-state index in [1.807, 2.05) is 12.3 Å². The highest BCUT2D eigenvalue weighted by atomic mass is 32.1. The third-order valence-electron chi connectivity index (χ3n) is 4.61. The van der Waals surface area contributed by atoms with Gasteiger partial charge >= 0.3 is 5.97 Å². The molecule has 0 spiro atoms. The van der Waals surface area contributed by atoms with Crippen LogP contribution in [0.3, 0.4) is 0 Å². The van der Waals surface area contributed by atoms with Gasteiger partial charge in [0.1, 0.15) is 22.2 Å². The average Bonchev–Trinajstić information content (AvgIpc) is 3.37. The van der Waals surface area contributed by atoms with Crippen LogP contribution in [0, 0.1) is 5.82 Å². The molecule has 0 aliphatic rings. The summed E-state index contributed by atoms with van der Waals surface area (Å²) in [6.45, 7) is 2.06. The van der Waals surface area contributed by atoms with Crippen LogP contribution < -0.4 is 5.56 Å². The zero-order chi connectivity index (χ0) is 20.5. The van der Waals surface area contributed by atoms with Gasteiger partial charge in [0, 0.05) is 17.4 Å². The van der Waals surface area contributed by atoms with Crippen LogP contribution in [0.1, 0.15) is 29.1 Å². The molecule has 0 saturated carbocycles. The van der Waals surface area contributed by atoms with E-state index in [0.29, 0.717) is 33.8 Å². The standard InChI is InChI=1S/C21H17FN2O4S/c1-3-17-23-19-18(15(11-29-19)12-4-6-13(22)7-5-12)20(25)24(17)10-14-8-9-16(28-14)21(26)27-2/h4-9,11H,3,10H2,1-2H3. The zero-order valence-electron chi connectivity index (χ0n) is 15.8. The molecule has 0 amide bonds. The molecular weight excluding hydrogens is 395 g/mol. The first-order valence-corrected chi connectivity index (χ1v) is 9.83. The first-order chi connectivity index (χ1) is 14.0. The summed E-state index contributed by atoms with van der Waals surface area (Å²) in [5.41, 5.74) is 1.26. The number of hydrogen-bond donors (Lipinski definition) is 0. The molecule has 0 radical (unpaired) electrons. The topological polar surface area (TPSA) is 74.3 Å². The van der Waals surface area contributed by atoms with E-state index in [4.69, 9.17) is 4.42 Å². The Balaban J connectivity index is 1.83. The van der Waals surface area contributed by atoms with Gasteiger partial charge in [-0.15, -0.1) is 11.3 Å². The van der Waals surface area contributed by atoms with E-state index in [-0.39, 0.29) is 23.7 Å². The van der Waals surface area contributed by atoms with Crippen molar-refractivity contribution in [3.8, 4) is 11.1 Å². The molecule has 148 valence electrons. The second kappa shape index (κ2) is 7.63. The van der Waals surface area contributed by atoms with Gasteiger partial charge in [-0.2, -0.15) is 0 Å².